The molecule has 9 nitrogen and oxygen atoms in total. The molecule has 2 aliphatic rings. The van der Waals surface area contributed by atoms with Crippen LogP contribution in [0, 0.1) is 0 Å². The molecule has 0 aliphatic carbocycles. The summed E-state index contributed by atoms with van der Waals surface area (Å²) in [4.78, 5) is 21.0. The molecule has 41 heavy (non-hydrogen) atoms. The van der Waals surface area contributed by atoms with Crippen LogP contribution in [0.2, 0.25) is 0 Å². The molecule has 2 aliphatic heterocycles. The molecule has 0 unspecified atom stereocenters. The molecule has 2 aromatic heterocycles. The number of aromatic nitrogens is 1. The van der Waals surface area contributed by atoms with Crippen molar-refractivity contribution in [2.45, 2.75) is 51.2 Å². The number of furan rings is 1. The van der Waals surface area contributed by atoms with Crippen LogP contribution in [0.1, 0.15) is 44.1 Å². The van der Waals surface area contributed by atoms with E-state index in [0.29, 0.717) is 18.2 Å². The van der Waals surface area contributed by atoms with Gasteiger partial charge in [-0.3, -0.25) is 0 Å². The number of H-pyrrole nitrogens is 1. The first-order chi connectivity index (χ1) is 20.1. The van der Waals surface area contributed by atoms with Gasteiger partial charge in [-0.1, -0.05) is 18.9 Å². The summed E-state index contributed by atoms with van der Waals surface area (Å²) < 4.78 is 22.8. The number of piperidine rings is 1. The van der Waals surface area contributed by atoms with Crippen LogP contribution in [-0.4, -0.2) is 73.3 Å². The Morgan fingerprint density at radius 2 is 1.76 bits per heavy atom. The molecule has 2 fully saturated rings. The molecule has 0 saturated carbocycles. The van der Waals surface area contributed by atoms with Crippen molar-refractivity contribution >= 4 is 28.0 Å². The average Bonchev–Trinajstić information content (AvgIpc) is 3.49. The fourth-order valence-electron chi connectivity index (χ4n) is 5.98. The van der Waals surface area contributed by atoms with E-state index < -0.39 is 6.09 Å². The number of benzene rings is 2. The largest absolute Gasteiger partial charge is 0.497 e. The first-order valence-electron chi connectivity index (χ1n) is 14.9. The number of rotatable bonds is 9. The van der Waals surface area contributed by atoms with Crippen LogP contribution in [0.15, 0.2) is 53.1 Å². The van der Waals surface area contributed by atoms with Crippen LogP contribution in [0.4, 0.5) is 4.79 Å². The van der Waals surface area contributed by atoms with Crippen molar-refractivity contribution in [2.24, 2.45) is 0 Å². The van der Waals surface area contributed by atoms with Gasteiger partial charge in [-0.15, -0.1) is 0 Å². The van der Waals surface area contributed by atoms with Gasteiger partial charge in [-0.2, -0.15) is 0 Å². The maximum Gasteiger partial charge on any atom is 0.414 e. The van der Waals surface area contributed by atoms with E-state index in [9.17, 15) is 4.79 Å². The molecule has 9 heteroatoms. The molecular weight excluding hydrogens is 520 g/mol. The smallest absolute Gasteiger partial charge is 0.414 e. The summed E-state index contributed by atoms with van der Waals surface area (Å²) in [7, 11) is 1.63. The third-order valence-corrected chi connectivity index (χ3v) is 8.39. The van der Waals surface area contributed by atoms with Crippen LogP contribution in [0.3, 0.4) is 0 Å². The molecule has 218 valence electrons. The summed E-state index contributed by atoms with van der Waals surface area (Å²) in [6.45, 7) is 7.10. The molecule has 2 saturated heterocycles. The molecule has 6 rings (SSSR count). The number of methoxy groups -OCH3 is 1. The first-order valence-corrected chi connectivity index (χ1v) is 14.9. The number of carbonyl (C=O) groups excluding carboxylic acids is 1. The third kappa shape index (κ3) is 6.80. The van der Waals surface area contributed by atoms with E-state index in [-0.39, 0.29) is 6.04 Å². The SMILES string of the molecule is COc1ccc2c(COc3cccc4[nH]c(OC(=O)NC5CCN(CCN6CCCCCC6)CC5)cc34)coc2c1. The number of nitrogens with one attached hydrogen (secondary N) is 2. The Bertz CT molecular complexity index is 1450. The van der Waals surface area contributed by atoms with Gasteiger partial charge in [0.2, 0.25) is 5.88 Å². The minimum Gasteiger partial charge on any atom is -0.497 e. The van der Waals surface area contributed by atoms with Crippen LogP contribution >= 0.6 is 0 Å². The number of nitrogens with zero attached hydrogens (tertiary/aromatic N) is 2. The predicted octanol–water partition coefficient (Wildman–Crippen LogP) is 5.93. The Morgan fingerprint density at radius 3 is 2.54 bits per heavy atom. The highest BCUT2D eigenvalue weighted by atomic mass is 16.6. The molecule has 0 spiro atoms. The zero-order chi connectivity index (χ0) is 28.0. The lowest BCUT2D eigenvalue weighted by atomic mass is 10.1. The second-order valence-corrected chi connectivity index (χ2v) is 11.2. The lowest BCUT2D eigenvalue weighted by molar-refractivity contribution is 0.157. The lowest BCUT2D eigenvalue weighted by Crippen LogP contribution is -2.47. The molecule has 0 atom stereocenters. The Hall–Kier alpha value is -3.69. The molecule has 0 radical (unpaired) electrons. The number of likely N-dealkylation sites (tertiary alicyclic amines) is 2. The summed E-state index contributed by atoms with van der Waals surface area (Å²) >= 11 is 0. The van der Waals surface area contributed by atoms with Crippen molar-refractivity contribution < 1.29 is 23.4 Å². The van der Waals surface area contributed by atoms with Crippen LogP contribution < -0.4 is 19.5 Å². The monoisotopic (exact) mass is 560 g/mol. The maximum atomic E-state index is 12.7. The molecule has 2 N–H and O–H groups in total. The third-order valence-electron chi connectivity index (χ3n) is 8.39. The number of ether oxygens (including phenoxy) is 3. The van der Waals surface area contributed by atoms with Gasteiger partial charge in [0.05, 0.1) is 18.9 Å². The van der Waals surface area contributed by atoms with E-state index in [1.54, 1.807) is 13.4 Å². The quantitative estimate of drug-likeness (QED) is 0.262. The Balaban J connectivity index is 0.993. The zero-order valence-electron chi connectivity index (χ0n) is 23.8. The standard InChI is InChI=1S/C32H40N4O5/c1-38-25-9-10-26-23(22-40-30(26)19-25)21-39-29-8-6-7-28-27(29)20-31(34-28)41-32(37)33-24-11-15-36(16-12-24)18-17-35-13-4-2-3-5-14-35/h6-10,19-20,22,24,34H,2-5,11-18,21H2,1H3,(H,33,37). The summed E-state index contributed by atoms with van der Waals surface area (Å²) in [5.74, 6) is 1.84. The van der Waals surface area contributed by atoms with Gasteiger partial charge in [-0.25, -0.2) is 4.79 Å². The maximum absolute atomic E-state index is 12.7. The normalized spacial score (nSPS) is 17.5. The second-order valence-electron chi connectivity index (χ2n) is 11.2. The molecular formula is C32H40N4O5. The Labute approximate surface area is 240 Å². The van der Waals surface area contributed by atoms with Crippen LogP contribution in [0.5, 0.6) is 17.4 Å². The first kappa shape index (κ1) is 27.5. The summed E-state index contributed by atoms with van der Waals surface area (Å²) in [6, 6.07) is 13.4. The van der Waals surface area contributed by atoms with Gasteiger partial charge < -0.3 is 38.7 Å². The number of carbonyl (C=O) groups is 1. The van der Waals surface area contributed by atoms with Gasteiger partial charge in [0.1, 0.15) is 23.7 Å². The van der Waals surface area contributed by atoms with Crippen molar-refractivity contribution in [3.8, 4) is 17.4 Å². The Kier molecular flexibility index (Phi) is 8.63. The highest BCUT2D eigenvalue weighted by Crippen LogP contribution is 2.31. The minimum atomic E-state index is -0.428. The van der Waals surface area contributed by atoms with Gasteiger partial charge in [-0.05, 0) is 63.0 Å². The van der Waals surface area contributed by atoms with Crippen LogP contribution in [-0.2, 0) is 6.61 Å². The summed E-state index contributed by atoms with van der Waals surface area (Å²) in [5, 5.41) is 4.89. The molecule has 4 heterocycles. The van der Waals surface area contributed by atoms with E-state index >= 15 is 0 Å². The van der Waals surface area contributed by atoms with E-state index in [1.807, 2.05) is 42.5 Å². The van der Waals surface area contributed by atoms with E-state index in [1.165, 1.54) is 38.8 Å². The van der Waals surface area contributed by atoms with Crippen molar-refractivity contribution in [2.75, 3.05) is 46.4 Å². The number of hydrogen-bond acceptors (Lipinski definition) is 7. The van der Waals surface area contributed by atoms with Gasteiger partial charge in [0.25, 0.3) is 0 Å². The topological polar surface area (TPSA) is 92.2 Å². The molecule has 4 aromatic rings. The highest BCUT2D eigenvalue weighted by Gasteiger charge is 2.22. The second kappa shape index (κ2) is 12.9. The van der Waals surface area contributed by atoms with Crippen molar-refractivity contribution in [1.29, 1.82) is 0 Å². The number of hydrogen-bond donors (Lipinski definition) is 2. The van der Waals surface area contributed by atoms with E-state index in [0.717, 1.165) is 72.2 Å². The number of fused-ring (bicyclic) bond motifs is 2. The average molecular weight is 561 g/mol. The fourth-order valence-corrected chi connectivity index (χ4v) is 5.98. The van der Waals surface area contributed by atoms with Crippen LogP contribution in [0.25, 0.3) is 21.9 Å². The molecule has 2 aromatic carbocycles. The number of aromatic amines is 1. The summed E-state index contributed by atoms with van der Waals surface area (Å²) in [5.41, 5.74) is 2.53. The van der Waals surface area contributed by atoms with Crippen molar-refractivity contribution in [3.63, 3.8) is 0 Å². The van der Waals surface area contributed by atoms with Gasteiger partial charge in [0.15, 0.2) is 0 Å². The van der Waals surface area contributed by atoms with Gasteiger partial charge >= 0.3 is 6.09 Å². The minimum absolute atomic E-state index is 0.130. The van der Waals surface area contributed by atoms with E-state index in [2.05, 4.69) is 20.1 Å². The lowest BCUT2D eigenvalue weighted by Gasteiger charge is -2.33. The predicted molar refractivity (Wildman–Crippen MR) is 159 cm³/mol. The summed E-state index contributed by atoms with van der Waals surface area (Å²) in [6.07, 6.45) is 8.57. The van der Waals surface area contributed by atoms with Crippen molar-refractivity contribution in [3.05, 3.63) is 54.3 Å². The Morgan fingerprint density at radius 1 is 0.976 bits per heavy atom. The zero-order valence-corrected chi connectivity index (χ0v) is 23.8. The van der Waals surface area contributed by atoms with Gasteiger partial charge in [0, 0.05) is 60.7 Å². The van der Waals surface area contributed by atoms with Crippen molar-refractivity contribution in [1.82, 2.24) is 20.1 Å². The fraction of sp³-hybridized carbons (Fsp3) is 0.469. The highest BCUT2D eigenvalue weighted by molar-refractivity contribution is 5.88. The number of amides is 1. The molecule has 0 bridgehead atoms. The molecule has 1 amide bonds. The van der Waals surface area contributed by atoms with E-state index in [4.69, 9.17) is 18.6 Å².